The van der Waals surface area contributed by atoms with Crippen molar-refractivity contribution >= 4 is 43.2 Å². The van der Waals surface area contributed by atoms with Gasteiger partial charge in [0.15, 0.2) is 5.82 Å². The zero-order chi connectivity index (χ0) is 35.1. The van der Waals surface area contributed by atoms with Crippen LogP contribution in [0.2, 0.25) is 0 Å². The summed E-state index contributed by atoms with van der Waals surface area (Å²) in [4.78, 5) is 25.2. The summed E-state index contributed by atoms with van der Waals surface area (Å²) in [6.45, 7) is 0. The molecule has 0 saturated carbocycles. The number of fused-ring (bicyclic) bond motifs is 4. The van der Waals surface area contributed by atoms with Crippen molar-refractivity contribution in [2.75, 3.05) is 0 Å². The maximum atomic E-state index is 5.38. The Morgan fingerprint density at radius 2 is 0.962 bits per heavy atom. The van der Waals surface area contributed by atoms with Crippen LogP contribution in [0.3, 0.4) is 0 Å². The second-order valence-corrected chi connectivity index (χ2v) is 13.9. The van der Waals surface area contributed by atoms with Gasteiger partial charge in [0.1, 0.15) is 0 Å². The quantitative estimate of drug-likeness (QED) is 0.173. The van der Waals surface area contributed by atoms with E-state index in [0.29, 0.717) is 0 Å². The van der Waals surface area contributed by atoms with Gasteiger partial charge in [-0.3, -0.25) is 9.97 Å². The first-order chi connectivity index (χ1) is 26.3. The van der Waals surface area contributed by atoms with Gasteiger partial charge in [-0.1, -0.05) is 109 Å². The fraction of sp³-hybridized carbons (Fsp3) is 0. The molecule has 0 amide bonds. The van der Waals surface area contributed by atoms with Crippen molar-refractivity contribution in [1.82, 2.24) is 24.9 Å². The van der Waals surface area contributed by atoms with Crippen LogP contribution in [0, 0.1) is 0 Å². The Morgan fingerprint density at radius 1 is 0.377 bits per heavy atom. The third kappa shape index (κ3) is 5.53. The van der Waals surface area contributed by atoms with E-state index < -0.39 is 0 Å². The van der Waals surface area contributed by atoms with Crippen LogP contribution in [-0.4, -0.2) is 24.9 Å². The molecule has 0 fully saturated rings. The minimum absolute atomic E-state index is 0.720. The van der Waals surface area contributed by atoms with E-state index in [1.165, 1.54) is 9.58 Å². The molecular weight excluding hydrogens is 667 g/mol. The van der Waals surface area contributed by atoms with Crippen LogP contribution in [0.25, 0.3) is 98.5 Å². The average molecular weight is 696 g/mol. The number of hydrogen-bond donors (Lipinski definition) is 0. The van der Waals surface area contributed by atoms with Crippen molar-refractivity contribution < 1.29 is 0 Å². The number of aromatic nitrogens is 5. The lowest BCUT2D eigenvalue weighted by atomic mass is 9.94. The van der Waals surface area contributed by atoms with Crippen LogP contribution in [-0.2, 0) is 0 Å². The molecule has 0 N–H and O–H groups in total. The average Bonchev–Trinajstić information content (AvgIpc) is 3.65. The largest absolute Gasteiger partial charge is 0.265 e. The smallest absolute Gasteiger partial charge is 0.160 e. The molecule has 0 atom stereocenters. The lowest BCUT2D eigenvalue weighted by Gasteiger charge is -2.12. The summed E-state index contributed by atoms with van der Waals surface area (Å²) in [7, 11) is 0. The zero-order valence-corrected chi connectivity index (χ0v) is 29.2. The normalized spacial score (nSPS) is 11.4. The second kappa shape index (κ2) is 13.0. The van der Waals surface area contributed by atoms with E-state index in [1.54, 1.807) is 0 Å². The van der Waals surface area contributed by atoms with Gasteiger partial charge in [-0.15, -0.1) is 11.3 Å². The first-order valence-electron chi connectivity index (χ1n) is 17.5. The Hall–Kier alpha value is -6.89. The highest BCUT2D eigenvalue weighted by atomic mass is 32.1. The van der Waals surface area contributed by atoms with Crippen molar-refractivity contribution in [3.63, 3.8) is 0 Å². The van der Waals surface area contributed by atoms with Crippen LogP contribution in [0.15, 0.2) is 176 Å². The molecule has 0 aliphatic heterocycles. The summed E-state index contributed by atoms with van der Waals surface area (Å²) in [5, 5.41) is 3.29. The molecular formula is C47H29N5S. The van der Waals surface area contributed by atoms with Crippen LogP contribution < -0.4 is 0 Å². The van der Waals surface area contributed by atoms with E-state index in [1.807, 2.05) is 66.5 Å². The molecule has 0 radical (unpaired) electrons. The van der Waals surface area contributed by atoms with Crippen molar-refractivity contribution in [1.29, 1.82) is 0 Å². The number of thiophene rings is 1. The predicted molar refractivity (Wildman–Crippen MR) is 218 cm³/mol. The monoisotopic (exact) mass is 695 g/mol. The summed E-state index contributed by atoms with van der Waals surface area (Å²) in [6.07, 6.45) is 7.44. The van der Waals surface area contributed by atoms with Gasteiger partial charge < -0.3 is 0 Å². The third-order valence-electron chi connectivity index (χ3n) is 9.70. The maximum absolute atomic E-state index is 5.38. The first-order valence-corrected chi connectivity index (χ1v) is 18.3. The fourth-order valence-electron chi connectivity index (χ4n) is 7.16. The minimum Gasteiger partial charge on any atom is -0.265 e. The highest BCUT2D eigenvalue weighted by Gasteiger charge is 2.23. The highest BCUT2D eigenvalue weighted by molar-refractivity contribution is 7.24. The molecule has 0 spiro atoms. The molecule has 5 heterocycles. The summed E-state index contributed by atoms with van der Waals surface area (Å²) < 4.78 is 1.20. The summed E-state index contributed by atoms with van der Waals surface area (Å²) in [5.74, 6) is 0.720. The lowest BCUT2D eigenvalue weighted by Crippen LogP contribution is -1.95. The Kier molecular flexibility index (Phi) is 7.59. The third-order valence-corrected chi connectivity index (χ3v) is 11.0. The van der Waals surface area contributed by atoms with E-state index >= 15 is 0 Å². The molecule has 10 rings (SSSR count). The molecule has 0 unspecified atom stereocenters. The fourth-order valence-corrected chi connectivity index (χ4v) is 8.51. The molecule has 5 nitrogen and oxygen atoms in total. The SMILES string of the molecule is c1ccc(-c2nc(-c3ccc(-c4ccc5nc(-c6ccccc6)c6c(-c7ccncc7)c(-c7ccncc7)sc6c5c4)cc3)c3ccccc3n2)cc1. The predicted octanol–water partition coefficient (Wildman–Crippen LogP) is 12.2. The van der Waals surface area contributed by atoms with Crippen LogP contribution in [0.1, 0.15) is 0 Å². The minimum atomic E-state index is 0.720. The van der Waals surface area contributed by atoms with Gasteiger partial charge in [0.05, 0.1) is 22.4 Å². The Labute approximate surface area is 310 Å². The maximum Gasteiger partial charge on any atom is 0.160 e. The Bertz CT molecular complexity index is 2910. The molecule has 10 aromatic rings. The van der Waals surface area contributed by atoms with E-state index in [0.717, 1.165) is 88.9 Å². The number of rotatable bonds is 6. The molecule has 5 aromatic heterocycles. The molecule has 248 valence electrons. The molecule has 0 saturated heterocycles. The van der Waals surface area contributed by atoms with Crippen LogP contribution >= 0.6 is 11.3 Å². The number of hydrogen-bond acceptors (Lipinski definition) is 6. The van der Waals surface area contributed by atoms with Gasteiger partial charge in [-0.25, -0.2) is 15.0 Å². The number of nitrogens with zero attached hydrogens (tertiary/aromatic N) is 5. The number of para-hydroxylation sites is 1. The summed E-state index contributed by atoms with van der Waals surface area (Å²) >= 11 is 1.81. The first kappa shape index (κ1) is 30.9. The van der Waals surface area contributed by atoms with Crippen molar-refractivity contribution in [3.8, 4) is 66.6 Å². The topological polar surface area (TPSA) is 64.5 Å². The Morgan fingerprint density at radius 3 is 1.70 bits per heavy atom. The molecule has 0 aliphatic rings. The van der Waals surface area contributed by atoms with Crippen LogP contribution in [0.4, 0.5) is 0 Å². The van der Waals surface area contributed by atoms with Gasteiger partial charge in [-0.2, -0.15) is 0 Å². The summed E-state index contributed by atoms with van der Waals surface area (Å²) in [5.41, 5.74) is 12.5. The van der Waals surface area contributed by atoms with Gasteiger partial charge in [0.2, 0.25) is 0 Å². The van der Waals surface area contributed by atoms with Crippen LogP contribution in [0.5, 0.6) is 0 Å². The van der Waals surface area contributed by atoms with Crippen molar-refractivity contribution in [2.45, 2.75) is 0 Å². The second-order valence-electron chi connectivity index (χ2n) is 12.9. The van der Waals surface area contributed by atoms with Gasteiger partial charge in [-0.05, 0) is 64.7 Å². The van der Waals surface area contributed by atoms with E-state index in [9.17, 15) is 0 Å². The van der Waals surface area contributed by atoms with Gasteiger partial charge in [0.25, 0.3) is 0 Å². The molecule has 6 heteroatoms. The Balaban J connectivity index is 1.15. The van der Waals surface area contributed by atoms with Gasteiger partial charge in [0, 0.05) is 72.8 Å². The zero-order valence-electron chi connectivity index (χ0n) is 28.4. The molecule has 53 heavy (non-hydrogen) atoms. The lowest BCUT2D eigenvalue weighted by molar-refractivity contribution is 1.23. The molecule has 0 bridgehead atoms. The van der Waals surface area contributed by atoms with Gasteiger partial charge >= 0.3 is 0 Å². The molecule has 0 aliphatic carbocycles. The summed E-state index contributed by atoms with van der Waals surface area (Å²) in [6, 6.07) is 52.6. The number of pyridine rings is 3. The van der Waals surface area contributed by atoms with E-state index in [-0.39, 0.29) is 0 Å². The van der Waals surface area contributed by atoms with Crippen molar-refractivity contribution in [3.05, 3.63) is 176 Å². The van der Waals surface area contributed by atoms with E-state index in [2.05, 4.69) is 131 Å². The molecule has 5 aromatic carbocycles. The van der Waals surface area contributed by atoms with E-state index in [4.69, 9.17) is 15.0 Å². The standard InChI is InChI=1S/C47H29N5S/c1-3-9-32(10-4-1)44-42-41(31-21-25-48-26-22-31)45(34-23-27-49-28-24-34)53-46(42)38-29-36(19-20-40(38)50-44)30-15-17-33(18-16-30)43-37-13-7-8-14-39(37)51-47(52-43)35-11-5-2-6-12-35/h1-29H. The van der Waals surface area contributed by atoms with Crippen molar-refractivity contribution in [2.24, 2.45) is 0 Å². The number of benzene rings is 5. The highest BCUT2D eigenvalue weighted by Crippen LogP contribution is 2.50.